The minimum atomic E-state index is -0.336. The van der Waals surface area contributed by atoms with Crippen molar-refractivity contribution in [3.05, 3.63) is 34.9 Å². The molecule has 1 fully saturated rings. The molecule has 8 heteroatoms. The molecule has 136 valence electrons. The first-order chi connectivity index (χ1) is 12.5. The number of amides is 1. The van der Waals surface area contributed by atoms with Crippen LogP contribution in [0.15, 0.2) is 12.1 Å². The van der Waals surface area contributed by atoms with E-state index in [1.807, 2.05) is 11.6 Å². The highest BCUT2D eigenvalue weighted by Crippen LogP contribution is 2.30. The molecule has 3 aromatic rings. The van der Waals surface area contributed by atoms with Gasteiger partial charge in [-0.3, -0.25) is 10.1 Å². The van der Waals surface area contributed by atoms with Crippen LogP contribution in [0.3, 0.4) is 0 Å². The van der Waals surface area contributed by atoms with Crippen molar-refractivity contribution < 1.29 is 9.18 Å². The number of carbonyl (C=O) groups excluding carboxylic acids is 1. The van der Waals surface area contributed by atoms with Gasteiger partial charge in [0.05, 0.1) is 15.9 Å². The van der Waals surface area contributed by atoms with Gasteiger partial charge in [-0.1, -0.05) is 29.4 Å². The minimum absolute atomic E-state index is 0.300. The monoisotopic (exact) mass is 373 g/mol. The highest BCUT2D eigenvalue weighted by atomic mass is 32.1. The molecule has 6 nitrogen and oxygen atoms in total. The van der Waals surface area contributed by atoms with E-state index in [0.717, 1.165) is 16.9 Å². The fraction of sp³-hybridized carbons (Fsp3) is 0.444. The maximum atomic E-state index is 13.7. The van der Waals surface area contributed by atoms with E-state index in [4.69, 9.17) is 0 Å². The second-order valence-electron chi connectivity index (χ2n) is 6.85. The summed E-state index contributed by atoms with van der Waals surface area (Å²) in [6, 6.07) is 3.09. The van der Waals surface area contributed by atoms with Gasteiger partial charge < -0.3 is 0 Å². The van der Waals surface area contributed by atoms with Gasteiger partial charge in [0.1, 0.15) is 5.82 Å². The zero-order chi connectivity index (χ0) is 18.3. The van der Waals surface area contributed by atoms with Gasteiger partial charge in [0.2, 0.25) is 0 Å². The van der Waals surface area contributed by atoms with Crippen LogP contribution in [0.2, 0.25) is 0 Å². The van der Waals surface area contributed by atoms with Crippen molar-refractivity contribution in [2.75, 3.05) is 5.32 Å². The van der Waals surface area contributed by atoms with Crippen molar-refractivity contribution in [3.8, 4) is 0 Å². The van der Waals surface area contributed by atoms with Crippen molar-refractivity contribution in [2.24, 2.45) is 5.92 Å². The molecule has 1 aromatic carbocycles. The average molecular weight is 373 g/mol. The van der Waals surface area contributed by atoms with Crippen LogP contribution in [-0.4, -0.2) is 25.9 Å². The largest absolute Gasteiger partial charge is 0.296 e. The SMILES string of the molecule is Cc1c(F)ccc2sc(NC(=O)c3nnn(CC4CCCC4)c3C)nc12. The molecule has 1 N–H and O–H groups in total. The lowest BCUT2D eigenvalue weighted by molar-refractivity contribution is 0.102. The summed E-state index contributed by atoms with van der Waals surface area (Å²) >= 11 is 1.32. The van der Waals surface area contributed by atoms with E-state index in [9.17, 15) is 9.18 Å². The third-order valence-corrected chi connectivity index (χ3v) is 6.01. The van der Waals surface area contributed by atoms with Crippen LogP contribution in [0.1, 0.15) is 47.4 Å². The molecule has 1 aliphatic carbocycles. The molecule has 2 heterocycles. The summed E-state index contributed by atoms with van der Waals surface area (Å²) in [7, 11) is 0. The molecule has 1 aliphatic rings. The third kappa shape index (κ3) is 3.09. The Labute approximate surface area is 154 Å². The maximum absolute atomic E-state index is 13.7. The van der Waals surface area contributed by atoms with Crippen LogP contribution >= 0.6 is 11.3 Å². The summed E-state index contributed by atoms with van der Waals surface area (Å²) in [6.45, 7) is 4.36. The fourth-order valence-electron chi connectivity index (χ4n) is 3.49. The Bertz CT molecular complexity index is 974. The zero-order valence-electron chi connectivity index (χ0n) is 14.8. The number of aromatic nitrogens is 4. The molecule has 0 atom stereocenters. The lowest BCUT2D eigenvalue weighted by atomic mass is 10.1. The van der Waals surface area contributed by atoms with E-state index in [1.165, 1.54) is 43.1 Å². The lowest BCUT2D eigenvalue weighted by Crippen LogP contribution is -2.15. The minimum Gasteiger partial charge on any atom is -0.296 e. The number of anilines is 1. The number of thiazole rings is 1. The van der Waals surface area contributed by atoms with Gasteiger partial charge in [-0.25, -0.2) is 14.1 Å². The normalized spacial score (nSPS) is 15.0. The summed E-state index contributed by atoms with van der Waals surface area (Å²) in [4.78, 5) is 16.9. The average Bonchev–Trinajstić information content (AvgIpc) is 3.33. The second-order valence-corrected chi connectivity index (χ2v) is 7.88. The van der Waals surface area contributed by atoms with E-state index in [0.29, 0.717) is 27.8 Å². The summed E-state index contributed by atoms with van der Waals surface area (Å²) in [5, 5.41) is 11.4. The summed E-state index contributed by atoms with van der Waals surface area (Å²) in [5.41, 5.74) is 2.13. The third-order valence-electron chi connectivity index (χ3n) is 5.07. The first-order valence-corrected chi connectivity index (χ1v) is 9.61. The number of carbonyl (C=O) groups is 1. The number of nitrogens with one attached hydrogen (secondary N) is 1. The molecule has 26 heavy (non-hydrogen) atoms. The number of halogens is 1. The summed E-state index contributed by atoms with van der Waals surface area (Å²) < 4.78 is 16.3. The van der Waals surface area contributed by atoms with Crippen LogP contribution in [-0.2, 0) is 6.54 Å². The smallest absolute Gasteiger partial charge is 0.279 e. The number of fused-ring (bicyclic) bond motifs is 1. The molecule has 0 aliphatic heterocycles. The Morgan fingerprint density at radius 2 is 2.12 bits per heavy atom. The predicted molar refractivity (Wildman–Crippen MR) is 99.0 cm³/mol. The molecule has 0 saturated heterocycles. The topological polar surface area (TPSA) is 72.7 Å². The summed E-state index contributed by atoms with van der Waals surface area (Å²) in [6.07, 6.45) is 4.96. The predicted octanol–water partition coefficient (Wildman–Crippen LogP) is 4.09. The molecule has 1 amide bonds. The lowest BCUT2D eigenvalue weighted by Gasteiger charge is -2.09. The van der Waals surface area contributed by atoms with E-state index < -0.39 is 0 Å². The Hall–Kier alpha value is -2.35. The van der Waals surface area contributed by atoms with Crippen molar-refractivity contribution in [3.63, 3.8) is 0 Å². The van der Waals surface area contributed by atoms with Gasteiger partial charge in [-0.05, 0) is 44.7 Å². The number of aryl methyl sites for hydroxylation is 1. The Kier molecular flexibility index (Phi) is 4.44. The fourth-order valence-corrected chi connectivity index (χ4v) is 4.41. The molecule has 0 radical (unpaired) electrons. The maximum Gasteiger partial charge on any atom is 0.279 e. The molecule has 0 bridgehead atoms. The van der Waals surface area contributed by atoms with Crippen LogP contribution in [0.25, 0.3) is 10.2 Å². The van der Waals surface area contributed by atoms with E-state index in [2.05, 4.69) is 20.6 Å². The van der Waals surface area contributed by atoms with Gasteiger partial charge in [-0.15, -0.1) is 5.10 Å². The molecule has 4 rings (SSSR count). The van der Waals surface area contributed by atoms with Crippen molar-refractivity contribution >= 4 is 32.6 Å². The first-order valence-electron chi connectivity index (χ1n) is 8.80. The van der Waals surface area contributed by atoms with Crippen LogP contribution < -0.4 is 5.32 Å². The number of benzene rings is 1. The quantitative estimate of drug-likeness (QED) is 0.748. The Morgan fingerprint density at radius 3 is 2.88 bits per heavy atom. The first kappa shape index (κ1) is 17.1. The van der Waals surface area contributed by atoms with E-state index >= 15 is 0 Å². The zero-order valence-corrected chi connectivity index (χ0v) is 15.6. The van der Waals surface area contributed by atoms with Gasteiger partial charge in [0.15, 0.2) is 10.8 Å². The molecular weight excluding hydrogens is 353 g/mol. The highest BCUT2D eigenvalue weighted by molar-refractivity contribution is 7.22. The van der Waals surface area contributed by atoms with Crippen LogP contribution in [0, 0.1) is 25.6 Å². The van der Waals surface area contributed by atoms with Crippen molar-refractivity contribution in [2.45, 2.75) is 46.1 Å². The molecule has 0 spiro atoms. The molecular formula is C18H20FN5OS. The molecule has 1 saturated carbocycles. The number of hydrogen-bond donors (Lipinski definition) is 1. The number of hydrogen-bond acceptors (Lipinski definition) is 5. The molecule has 2 aromatic heterocycles. The highest BCUT2D eigenvalue weighted by Gasteiger charge is 2.22. The summed E-state index contributed by atoms with van der Waals surface area (Å²) in [5.74, 6) is -0.0165. The van der Waals surface area contributed by atoms with Gasteiger partial charge in [0, 0.05) is 12.1 Å². The standard InChI is InChI=1S/C18H20FN5OS/c1-10-13(19)7-8-14-15(10)20-18(26-14)21-17(25)16-11(2)24(23-22-16)9-12-5-3-4-6-12/h7-8,12H,3-6,9H2,1-2H3,(H,20,21,25). The van der Waals surface area contributed by atoms with Crippen molar-refractivity contribution in [1.29, 1.82) is 0 Å². The second kappa shape index (κ2) is 6.75. The van der Waals surface area contributed by atoms with E-state index in [1.54, 1.807) is 13.0 Å². The van der Waals surface area contributed by atoms with Gasteiger partial charge >= 0.3 is 0 Å². The Balaban J connectivity index is 1.53. The van der Waals surface area contributed by atoms with E-state index in [-0.39, 0.29) is 11.7 Å². The van der Waals surface area contributed by atoms with Crippen molar-refractivity contribution in [1.82, 2.24) is 20.0 Å². The van der Waals surface area contributed by atoms with Gasteiger partial charge in [-0.2, -0.15) is 0 Å². The number of rotatable bonds is 4. The molecule has 0 unspecified atom stereocenters. The van der Waals surface area contributed by atoms with Gasteiger partial charge in [0.25, 0.3) is 5.91 Å². The Morgan fingerprint density at radius 1 is 1.35 bits per heavy atom. The number of nitrogens with zero attached hydrogens (tertiary/aromatic N) is 4. The van der Waals surface area contributed by atoms with Crippen LogP contribution in [0.5, 0.6) is 0 Å². The van der Waals surface area contributed by atoms with Crippen LogP contribution in [0.4, 0.5) is 9.52 Å².